The van der Waals surface area contributed by atoms with Crippen LogP contribution >= 0.6 is 0 Å². The summed E-state index contributed by atoms with van der Waals surface area (Å²) in [7, 11) is -3.76. The highest BCUT2D eigenvalue weighted by Gasteiger charge is 2.51. The number of rotatable bonds is 8. The van der Waals surface area contributed by atoms with Crippen LogP contribution in [0.5, 0.6) is 0 Å². The number of allylic oxidation sites excluding steroid dienone is 2. The molecule has 8 nitrogen and oxygen atoms in total. The van der Waals surface area contributed by atoms with Gasteiger partial charge in [-0.3, -0.25) is 24.2 Å². The Morgan fingerprint density at radius 3 is 2.82 bits per heavy atom. The van der Waals surface area contributed by atoms with Crippen molar-refractivity contribution in [1.82, 2.24) is 4.90 Å². The lowest BCUT2D eigenvalue weighted by atomic mass is 9.99. The average molecular weight is 481 g/mol. The molecule has 178 valence electrons. The molecule has 0 bridgehead atoms. The summed E-state index contributed by atoms with van der Waals surface area (Å²) >= 11 is 0. The molecule has 1 saturated carbocycles. The highest BCUT2D eigenvalue weighted by atomic mass is 32.2. The first-order valence-electron chi connectivity index (χ1n) is 11.6. The first kappa shape index (κ1) is 22.6. The zero-order valence-corrected chi connectivity index (χ0v) is 20.1. The van der Waals surface area contributed by atoms with Gasteiger partial charge in [0.1, 0.15) is 0 Å². The van der Waals surface area contributed by atoms with Crippen molar-refractivity contribution in [2.24, 2.45) is 16.8 Å². The van der Waals surface area contributed by atoms with Crippen molar-refractivity contribution in [3.05, 3.63) is 58.8 Å². The predicted molar refractivity (Wildman–Crippen MR) is 132 cm³/mol. The Balaban J connectivity index is 1.25. The third kappa shape index (κ3) is 4.09. The number of aliphatic imine (C=N–C) groups is 1. The van der Waals surface area contributed by atoms with Crippen LogP contribution in [0, 0.1) is 11.8 Å². The van der Waals surface area contributed by atoms with Crippen LogP contribution < -0.4 is 9.62 Å². The Hall–Kier alpha value is -3.20. The number of sulfonamides is 1. The van der Waals surface area contributed by atoms with Crippen LogP contribution in [-0.4, -0.2) is 56.7 Å². The van der Waals surface area contributed by atoms with Gasteiger partial charge in [0.25, 0.3) is 11.8 Å². The number of hydrogen-bond acceptors (Lipinski definition) is 6. The van der Waals surface area contributed by atoms with E-state index in [2.05, 4.69) is 14.6 Å². The number of hydrogen-bond donors (Lipinski definition) is 1. The molecule has 2 unspecified atom stereocenters. The molecule has 0 radical (unpaired) electrons. The fourth-order valence-corrected chi connectivity index (χ4v) is 6.01. The van der Waals surface area contributed by atoms with E-state index in [9.17, 15) is 18.0 Å². The third-order valence-corrected chi connectivity index (χ3v) is 8.14. The molecule has 1 fully saturated rings. The van der Waals surface area contributed by atoms with Crippen LogP contribution in [0.3, 0.4) is 0 Å². The zero-order chi connectivity index (χ0) is 24.0. The van der Waals surface area contributed by atoms with Gasteiger partial charge in [0.15, 0.2) is 0 Å². The molecule has 0 saturated heterocycles. The fourth-order valence-electron chi connectivity index (χ4n) is 5.00. The monoisotopic (exact) mass is 480 g/mol. The lowest BCUT2D eigenvalue weighted by Crippen LogP contribution is -2.37. The zero-order valence-electron chi connectivity index (χ0n) is 19.3. The van der Waals surface area contributed by atoms with Gasteiger partial charge in [-0.05, 0) is 56.2 Å². The van der Waals surface area contributed by atoms with E-state index in [-0.39, 0.29) is 30.0 Å². The van der Waals surface area contributed by atoms with Crippen molar-refractivity contribution in [3.63, 3.8) is 0 Å². The van der Waals surface area contributed by atoms with Gasteiger partial charge in [-0.15, -0.1) is 0 Å². The van der Waals surface area contributed by atoms with Gasteiger partial charge in [0.2, 0.25) is 10.0 Å². The Morgan fingerprint density at radius 1 is 1.24 bits per heavy atom. The summed E-state index contributed by atoms with van der Waals surface area (Å²) in [6, 6.07) is 5.54. The maximum atomic E-state index is 12.8. The van der Waals surface area contributed by atoms with Crippen LogP contribution in [-0.2, 0) is 26.0 Å². The number of benzene rings is 1. The van der Waals surface area contributed by atoms with Gasteiger partial charge in [-0.2, -0.15) is 0 Å². The predicted octanol–water partition coefficient (Wildman–Crippen LogP) is 2.66. The molecule has 5 rings (SSSR count). The summed E-state index contributed by atoms with van der Waals surface area (Å²) in [5, 5.41) is 0. The van der Waals surface area contributed by atoms with E-state index in [1.54, 1.807) is 18.4 Å². The maximum Gasteiger partial charge on any atom is 0.261 e. The van der Waals surface area contributed by atoms with Crippen molar-refractivity contribution in [2.75, 3.05) is 35.0 Å². The average Bonchev–Trinajstić information content (AvgIpc) is 3.44. The van der Waals surface area contributed by atoms with Gasteiger partial charge in [0, 0.05) is 36.1 Å². The summed E-state index contributed by atoms with van der Waals surface area (Å²) in [5.41, 5.74) is 4.56. The molecule has 1 aromatic carbocycles. The first-order valence-corrected chi connectivity index (χ1v) is 13.3. The first-order chi connectivity index (χ1) is 16.3. The van der Waals surface area contributed by atoms with Gasteiger partial charge >= 0.3 is 0 Å². The van der Waals surface area contributed by atoms with Crippen LogP contribution in [0.2, 0.25) is 0 Å². The highest BCUT2D eigenvalue weighted by Crippen LogP contribution is 2.51. The molecule has 2 atom stereocenters. The van der Waals surface area contributed by atoms with E-state index in [1.807, 2.05) is 38.1 Å². The molecule has 0 spiro atoms. The fraction of sp³-hybridized carbons (Fsp3) is 0.400. The summed E-state index contributed by atoms with van der Waals surface area (Å²) in [5.74, 6) is -0.610. The third-order valence-electron chi connectivity index (χ3n) is 6.88. The normalized spacial score (nSPS) is 23.6. The van der Waals surface area contributed by atoms with Gasteiger partial charge in [-0.25, -0.2) is 8.42 Å². The molecular formula is C25H28N4O4S. The molecule has 4 aliphatic rings. The van der Waals surface area contributed by atoms with Gasteiger partial charge in [0.05, 0.1) is 23.7 Å². The SMILES string of the molecule is CC=N/C(=C\C)CN1CCc2ccc(NS(=O)(=O)CCN3C(=O)C4=C(C3=O)C3CC3C=C4)cc21. The smallest absolute Gasteiger partial charge is 0.261 e. The number of amides is 2. The summed E-state index contributed by atoms with van der Waals surface area (Å²) in [6.07, 6.45) is 9.20. The summed E-state index contributed by atoms with van der Waals surface area (Å²) < 4.78 is 28.3. The van der Waals surface area contributed by atoms with E-state index in [4.69, 9.17) is 0 Å². The number of imide groups is 1. The topological polar surface area (TPSA) is 99.2 Å². The Bertz CT molecular complexity index is 1290. The lowest BCUT2D eigenvalue weighted by Gasteiger charge is -2.20. The number of fused-ring (bicyclic) bond motifs is 3. The number of carbonyl (C=O) groups excluding carboxylic acids is 2. The molecule has 9 heteroatoms. The minimum absolute atomic E-state index is 0.122. The second-order valence-corrected chi connectivity index (χ2v) is 10.9. The van der Waals surface area contributed by atoms with E-state index < -0.39 is 10.0 Å². The Morgan fingerprint density at radius 2 is 2.06 bits per heavy atom. The van der Waals surface area contributed by atoms with E-state index in [1.165, 1.54) is 0 Å². The molecule has 2 aliphatic heterocycles. The summed E-state index contributed by atoms with van der Waals surface area (Å²) in [6.45, 7) is 5.15. The van der Waals surface area contributed by atoms with Gasteiger partial charge in [-0.1, -0.05) is 24.3 Å². The number of nitrogens with one attached hydrogen (secondary N) is 1. The molecule has 0 aromatic heterocycles. The van der Waals surface area contributed by atoms with E-state index in [0.717, 1.165) is 41.2 Å². The molecule has 2 heterocycles. The quantitative estimate of drug-likeness (QED) is 0.456. The van der Waals surface area contributed by atoms with Crippen molar-refractivity contribution in [1.29, 1.82) is 0 Å². The minimum atomic E-state index is -3.76. The maximum absolute atomic E-state index is 12.8. The number of nitrogens with zero attached hydrogens (tertiary/aromatic N) is 3. The largest absolute Gasteiger partial charge is 0.365 e. The van der Waals surface area contributed by atoms with E-state index in [0.29, 0.717) is 29.3 Å². The van der Waals surface area contributed by atoms with Crippen LogP contribution in [0.4, 0.5) is 11.4 Å². The van der Waals surface area contributed by atoms with Crippen molar-refractivity contribution in [3.8, 4) is 0 Å². The molecular weight excluding hydrogens is 452 g/mol. The standard InChI is InChI=1S/C25H28N4O4S/c1-3-18(26-4-2)15-28-10-9-16-5-7-19(14-22(16)28)27-34(32,33)12-11-29-24(30)20-8-6-17-13-21(17)23(20)25(29)31/h3-8,14,17,21,27H,9-13,15H2,1-2H3/b18-3-,26-4?. The molecule has 1 N–H and O–H groups in total. The van der Waals surface area contributed by atoms with Crippen LogP contribution in [0.15, 0.2) is 58.3 Å². The summed E-state index contributed by atoms with van der Waals surface area (Å²) in [4.78, 5) is 33.1. The second-order valence-electron chi connectivity index (χ2n) is 9.06. The second kappa shape index (κ2) is 8.54. The number of carbonyl (C=O) groups is 2. The molecule has 1 aromatic rings. The minimum Gasteiger partial charge on any atom is -0.365 e. The molecule has 2 amide bonds. The lowest BCUT2D eigenvalue weighted by molar-refractivity contribution is -0.137. The number of anilines is 2. The van der Waals surface area contributed by atoms with Gasteiger partial charge < -0.3 is 4.90 Å². The Labute approximate surface area is 199 Å². The van der Waals surface area contributed by atoms with Crippen molar-refractivity contribution < 1.29 is 18.0 Å². The highest BCUT2D eigenvalue weighted by molar-refractivity contribution is 7.92. The molecule has 2 aliphatic carbocycles. The van der Waals surface area contributed by atoms with Crippen LogP contribution in [0.1, 0.15) is 25.8 Å². The molecule has 34 heavy (non-hydrogen) atoms. The van der Waals surface area contributed by atoms with Crippen molar-refractivity contribution in [2.45, 2.75) is 26.7 Å². The van der Waals surface area contributed by atoms with Crippen LogP contribution in [0.25, 0.3) is 0 Å². The Kier molecular flexibility index (Phi) is 5.67. The van der Waals surface area contributed by atoms with E-state index >= 15 is 0 Å². The van der Waals surface area contributed by atoms with Crippen molar-refractivity contribution >= 4 is 39.4 Å².